The fraction of sp³-hybridized carbons (Fsp3) is 0.273. The van der Waals surface area contributed by atoms with Gasteiger partial charge in [0.25, 0.3) is 5.91 Å². The van der Waals surface area contributed by atoms with Crippen molar-refractivity contribution in [3.63, 3.8) is 0 Å². The highest BCUT2D eigenvalue weighted by Crippen LogP contribution is 2.14. The van der Waals surface area contributed by atoms with E-state index in [0.29, 0.717) is 11.4 Å². The van der Waals surface area contributed by atoms with Gasteiger partial charge >= 0.3 is 12.1 Å². The van der Waals surface area contributed by atoms with Crippen molar-refractivity contribution in [1.82, 2.24) is 0 Å². The highest BCUT2D eigenvalue weighted by molar-refractivity contribution is 5.96. The topological polar surface area (TPSA) is 118 Å². The van der Waals surface area contributed by atoms with E-state index < -0.39 is 30.2 Å². The van der Waals surface area contributed by atoms with Gasteiger partial charge in [0.1, 0.15) is 5.60 Å². The maximum Gasteiger partial charge on any atom is 0.412 e. The first kappa shape index (κ1) is 22.4. The SMILES string of the molecule is CC(C)(C)OC(=O)Nc1ccc(C(=O)OCC(=O)Nc2ccc(CC#N)cc2)cc1. The van der Waals surface area contributed by atoms with Crippen LogP contribution in [0.2, 0.25) is 0 Å². The Hall–Kier alpha value is -3.86. The molecule has 0 bridgehead atoms. The monoisotopic (exact) mass is 409 g/mol. The van der Waals surface area contributed by atoms with Gasteiger partial charge in [-0.3, -0.25) is 10.1 Å². The summed E-state index contributed by atoms with van der Waals surface area (Å²) in [6.07, 6.45) is -0.312. The van der Waals surface area contributed by atoms with Crippen LogP contribution in [0, 0.1) is 11.3 Å². The highest BCUT2D eigenvalue weighted by atomic mass is 16.6. The molecule has 2 aromatic carbocycles. The number of carbonyl (C=O) groups is 3. The molecule has 0 saturated carbocycles. The Bertz CT molecular complexity index is 939. The number of rotatable bonds is 6. The van der Waals surface area contributed by atoms with Gasteiger partial charge in [-0.15, -0.1) is 0 Å². The van der Waals surface area contributed by atoms with Crippen molar-refractivity contribution < 1.29 is 23.9 Å². The molecule has 8 nitrogen and oxygen atoms in total. The molecule has 0 aliphatic rings. The molecule has 0 radical (unpaired) electrons. The van der Waals surface area contributed by atoms with Crippen molar-refractivity contribution in [3.8, 4) is 6.07 Å². The molecule has 8 heteroatoms. The molecule has 0 fully saturated rings. The van der Waals surface area contributed by atoms with E-state index in [1.54, 1.807) is 45.0 Å². The van der Waals surface area contributed by atoms with Gasteiger partial charge in [-0.25, -0.2) is 9.59 Å². The third kappa shape index (κ3) is 7.64. The molecule has 30 heavy (non-hydrogen) atoms. The summed E-state index contributed by atoms with van der Waals surface area (Å²) in [5.74, 6) is -1.15. The average Bonchev–Trinajstić information content (AvgIpc) is 2.67. The molecule has 0 aromatic heterocycles. The second kappa shape index (κ2) is 10.1. The summed E-state index contributed by atoms with van der Waals surface area (Å²) < 4.78 is 10.2. The molecule has 0 spiro atoms. The molecule has 0 atom stereocenters. The third-order valence-corrected chi connectivity index (χ3v) is 3.62. The zero-order chi connectivity index (χ0) is 22.1. The van der Waals surface area contributed by atoms with Crippen LogP contribution in [0.25, 0.3) is 0 Å². The van der Waals surface area contributed by atoms with Crippen LogP contribution < -0.4 is 10.6 Å². The summed E-state index contributed by atoms with van der Waals surface area (Å²) in [4.78, 5) is 35.8. The normalized spacial score (nSPS) is 10.5. The number of carbonyl (C=O) groups excluding carboxylic acids is 3. The van der Waals surface area contributed by atoms with E-state index in [-0.39, 0.29) is 12.0 Å². The van der Waals surface area contributed by atoms with Gasteiger partial charge in [-0.05, 0) is 62.7 Å². The van der Waals surface area contributed by atoms with E-state index in [0.717, 1.165) is 5.56 Å². The lowest BCUT2D eigenvalue weighted by molar-refractivity contribution is -0.119. The van der Waals surface area contributed by atoms with Crippen molar-refractivity contribution in [2.45, 2.75) is 32.8 Å². The number of hydrogen-bond acceptors (Lipinski definition) is 6. The van der Waals surface area contributed by atoms with E-state index in [9.17, 15) is 14.4 Å². The van der Waals surface area contributed by atoms with E-state index in [1.165, 1.54) is 24.3 Å². The Balaban J connectivity index is 1.82. The molecule has 2 rings (SSSR count). The Morgan fingerprint density at radius 3 is 2.07 bits per heavy atom. The number of nitrogens with one attached hydrogen (secondary N) is 2. The first-order chi connectivity index (χ1) is 14.2. The quantitative estimate of drug-likeness (QED) is 0.699. The van der Waals surface area contributed by atoms with Gasteiger partial charge in [0.05, 0.1) is 18.1 Å². The lowest BCUT2D eigenvalue weighted by Crippen LogP contribution is -2.27. The molecule has 0 aliphatic heterocycles. The van der Waals surface area contributed by atoms with Crippen molar-refractivity contribution in [3.05, 3.63) is 59.7 Å². The molecule has 0 unspecified atom stereocenters. The largest absolute Gasteiger partial charge is 0.452 e. The maximum absolute atomic E-state index is 12.1. The molecular formula is C22H23N3O5. The Morgan fingerprint density at radius 2 is 1.50 bits per heavy atom. The highest BCUT2D eigenvalue weighted by Gasteiger charge is 2.16. The predicted octanol–water partition coefficient (Wildman–Crippen LogP) is 3.90. The molecular weight excluding hydrogens is 386 g/mol. The van der Waals surface area contributed by atoms with Crippen LogP contribution in [0.3, 0.4) is 0 Å². The van der Waals surface area contributed by atoms with E-state index in [4.69, 9.17) is 14.7 Å². The van der Waals surface area contributed by atoms with Crippen LogP contribution in [0.15, 0.2) is 48.5 Å². The fourth-order valence-electron chi connectivity index (χ4n) is 2.32. The van der Waals surface area contributed by atoms with Crippen LogP contribution in [0.1, 0.15) is 36.7 Å². The van der Waals surface area contributed by atoms with Crippen LogP contribution >= 0.6 is 0 Å². The lowest BCUT2D eigenvalue weighted by atomic mass is 10.1. The maximum atomic E-state index is 12.1. The number of benzene rings is 2. The van der Waals surface area contributed by atoms with Crippen LogP contribution in [-0.2, 0) is 20.7 Å². The zero-order valence-electron chi connectivity index (χ0n) is 17.0. The zero-order valence-corrected chi connectivity index (χ0v) is 17.0. The first-order valence-corrected chi connectivity index (χ1v) is 9.19. The summed E-state index contributed by atoms with van der Waals surface area (Å²) in [5.41, 5.74) is 1.45. The van der Waals surface area contributed by atoms with Crippen molar-refractivity contribution in [1.29, 1.82) is 5.26 Å². The average molecular weight is 409 g/mol. The van der Waals surface area contributed by atoms with E-state index >= 15 is 0 Å². The Kier molecular flexibility index (Phi) is 7.53. The van der Waals surface area contributed by atoms with Gasteiger partial charge < -0.3 is 14.8 Å². The smallest absolute Gasteiger partial charge is 0.412 e. The van der Waals surface area contributed by atoms with Crippen molar-refractivity contribution in [2.24, 2.45) is 0 Å². The van der Waals surface area contributed by atoms with Crippen LogP contribution in [0.5, 0.6) is 0 Å². The summed E-state index contributed by atoms with van der Waals surface area (Å²) in [5, 5.41) is 13.8. The minimum absolute atomic E-state index is 0.235. The van der Waals surface area contributed by atoms with Crippen molar-refractivity contribution in [2.75, 3.05) is 17.2 Å². The number of nitrogens with zero attached hydrogens (tertiary/aromatic N) is 1. The summed E-state index contributed by atoms with van der Waals surface area (Å²) in [7, 11) is 0. The van der Waals surface area contributed by atoms with Gasteiger partial charge in [0, 0.05) is 11.4 Å². The van der Waals surface area contributed by atoms with Crippen LogP contribution in [-0.4, -0.2) is 30.2 Å². The summed E-state index contributed by atoms with van der Waals surface area (Å²) in [6.45, 7) is 4.82. The number of ether oxygens (including phenoxy) is 2. The minimum Gasteiger partial charge on any atom is -0.452 e. The predicted molar refractivity (Wildman–Crippen MR) is 111 cm³/mol. The number of anilines is 2. The molecule has 2 amide bonds. The Labute approximate surface area is 174 Å². The molecule has 0 aliphatic carbocycles. The second-order valence-corrected chi connectivity index (χ2v) is 7.36. The summed E-state index contributed by atoms with van der Waals surface area (Å²) >= 11 is 0. The van der Waals surface area contributed by atoms with Gasteiger partial charge in [0.2, 0.25) is 0 Å². The molecule has 2 aromatic rings. The first-order valence-electron chi connectivity index (χ1n) is 9.19. The molecule has 156 valence electrons. The second-order valence-electron chi connectivity index (χ2n) is 7.36. The van der Waals surface area contributed by atoms with E-state index in [2.05, 4.69) is 10.6 Å². The van der Waals surface area contributed by atoms with Gasteiger partial charge in [-0.2, -0.15) is 5.26 Å². The number of esters is 1. The van der Waals surface area contributed by atoms with Crippen molar-refractivity contribution >= 4 is 29.3 Å². The molecule has 0 saturated heterocycles. The lowest BCUT2D eigenvalue weighted by Gasteiger charge is -2.19. The van der Waals surface area contributed by atoms with Crippen LogP contribution in [0.4, 0.5) is 16.2 Å². The number of nitriles is 1. The molecule has 0 heterocycles. The third-order valence-electron chi connectivity index (χ3n) is 3.62. The minimum atomic E-state index is -0.668. The summed E-state index contributed by atoms with van der Waals surface area (Å²) in [6, 6.07) is 14.9. The standard InChI is InChI=1S/C22H23N3O5/c1-22(2,3)30-21(28)25-18-10-6-16(7-11-18)20(27)29-14-19(26)24-17-8-4-15(5-9-17)12-13-23/h4-11H,12,14H2,1-3H3,(H,24,26)(H,25,28). The number of amides is 2. The molecule has 2 N–H and O–H groups in total. The van der Waals surface area contributed by atoms with E-state index in [1.807, 2.05) is 6.07 Å². The van der Waals surface area contributed by atoms with Gasteiger partial charge in [-0.1, -0.05) is 12.1 Å². The fourth-order valence-corrected chi connectivity index (χ4v) is 2.32. The Morgan fingerprint density at radius 1 is 0.933 bits per heavy atom. The van der Waals surface area contributed by atoms with Gasteiger partial charge in [0.15, 0.2) is 6.61 Å². The number of hydrogen-bond donors (Lipinski definition) is 2.